The van der Waals surface area contributed by atoms with Crippen LogP contribution in [0.25, 0.3) is 0 Å². The number of hydrogen-bond acceptors (Lipinski definition) is 5. The second kappa shape index (κ2) is 5.80. The Kier molecular flexibility index (Phi) is 3.69. The van der Waals surface area contributed by atoms with Crippen molar-refractivity contribution in [1.29, 1.82) is 5.26 Å². The zero-order valence-electron chi connectivity index (χ0n) is 11.9. The first kappa shape index (κ1) is 13.4. The maximum absolute atomic E-state index is 8.81. The van der Waals surface area contributed by atoms with E-state index in [1.54, 1.807) is 13.3 Å². The van der Waals surface area contributed by atoms with Crippen LogP contribution in [0.3, 0.4) is 0 Å². The summed E-state index contributed by atoms with van der Waals surface area (Å²) in [6.07, 6.45) is 5.35. The second-order valence-electron chi connectivity index (χ2n) is 4.97. The van der Waals surface area contributed by atoms with Crippen LogP contribution < -0.4 is 9.64 Å². The van der Waals surface area contributed by atoms with Crippen LogP contribution in [-0.2, 0) is 0 Å². The Labute approximate surface area is 123 Å². The Morgan fingerprint density at radius 2 is 2.14 bits per heavy atom. The van der Waals surface area contributed by atoms with E-state index >= 15 is 0 Å². The van der Waals surface area contributed by atoms with Crippen LogP contribution in [0.2, 0.25) is 0 Å². The molecule has 1 saturated heterocycles. The number of nitriles is 1. The molecule has 0 aliphatic carbocycles. The summed E-state index contributed by atoms with van der Waals surface area (Å²) >= 11 is 0. The highest BCUT2D eigenvalue weighted by Gasteiger charge is 2.29. The highest BCUT2D eigenvalue weighted by molar-refractivity contribution is 5.47. The minimum atomic E-state index is 0.239. The molecule has 1 aliphatic rings. The molecule has 1 fully saturated rings. The number of para-hydroxylation sites is 1. The van der Waals surface area contributed by atoms with E-state index in [1.165, 1.54) is 11.8 Å². The molecule has 0 saturated carbocycles. The molecule has 5 heteroatoms. The molecule has 1 aromatic carbocycles. The number of hydrogen-bond donors (Lipinski definition) is 0. The summed E-state index contributed by atoms with van der Waals surface area (Å²) in [6.45, 7) is 0.934. The maximum atomic E-state index is 8.81. The van der Waals surface area contributed by atoms with Crippen molar-refractivity contribution in [2.45, 2.75) is 18.9 Å². The van der Waals surface area contributed by atoms with Gasteiger partial charge in [0, 0.05) is 12.1 Å². The summed E-state index contributed by atoms with van der Waals surface area (Å²) in [4.78, 5) is 10.7. The van der Waals surface area contributed by atoms with E-state index < -0.39 is 0 Å². The van der Waals surface area contributed by atoms with Gasteiger partial charge in [-0.05, 0) is 18.9 Å². The van der Waals surface area contributed by atoms with Crippen molar-refractivity contribution < 1.29 is 4.74 Å². The van der Waals surface area contributed by atoms with Crippen molar-refractivity contribution in [3.63, 3.8) is 0 Å². The zero-order valence-corrected chi connectivity index (χ0v) is 11.9. The SMILES string of the molecule is COc1ccccc1C1CCCN1c1cnc(C#N)cn1. The minimum Gasteiger partial charge on any atom is -0.496 e. The van der Waals surface area contributed by atoms with Crippen molar-refractivity contribution >= 4 is 5.82 Å². The van der Waals surface area contributed by atoms with E-state index in [0.29, 0.717) is 5.69 Å². The normalized spacial score (nSPS) is 17.5. The van der Waals surface area contributed by atoms with Gasteiger partial charge in [-0.3, -0.25) is 0 Å². The Morgan fingerprint density at radius 3 is 2.86 bits per heavy atom. The third kappa shape index (κ3) is 2.52. The fourth-order valence-corrected chi connectivity index (χ4v) is 2.83. The van der Waals surface area contributed by atoms with Gasteiger partial charge in [-0.1, -0.05) is 18.2 Å². The van der Waals surface area contributed by atoms with Gasteiger partial charge in [0.1, 0.15) is 17.6 Å². The Balaban J connectivity index is 1.93. The van der Waals surface area contributed by atoms with Crippen LogP contribution in [0.5, 0.6) is 5.75 Å². The highest BCUT2D eigenvalue weighted by Crippen LogP contribution is 2.38. The van der Waals surface area contributed by atoms with E-state index in [-0.39, 0.29) is 6.04 Å². The summed E-state index contributed by atoms with van der Waals surface area (Å²) in [5.41, 5.74) is 1.51. The van der Waals surface area contributed by atoms with Crippen LogP contribution >= 0.6 is 0 Å². The first-order chi connectivity index (χ1) is 10.3. The number of rotatable bonds is 3. The molecule has 0 N–H and O–H groups in total. The van der Waals surface area contributed by atoms with E-state index in [9.17, 15) is 0 Å². The van der Waals surface area contributed by atoms with Crippen molar-refractivity contribution in [2.75, 3.05) is 18.6 Å². The predicted octanol–water partition coefficient (Wildman–Crippen LogP) is 2.70. The summed E-state index contributed by atoms with van der Waals surface area (Å²) in [7, 11) is 1.69. The van der Waals surface area contributed by atoms with E-state index in [1.807, 2.05) is 24.3 Å². The average Bonchev–Trinajstić information content (AvgIpc) is 3.04. The number of methoxy groups -OCH3 is 1. The van der Waals surface area contributed by atoms with Gasteiger partial charge in [0.25, 0.3) is 0 Å². The fraction of sp³-hybridized carbons (Fsp3) is 0.312. The predicted molar refractivity (Wildman–Crippen MR) is 79.1 cm³/mol. The largest absolute Gasteiger partial charge is 0.496 e. The topological polar surface area (TPSA) is 62.0 Å². The lowest BCUT2D eigenvalue weighted by atomic mass is 10.0. The minimum absolute atomic E-state index is 0.239. The molecule has 1 aromatic heterocycles. The fourth-order valence-electron chi connectivity index (χ4n) is 2.83. The standard InChI is InChI=1S/C16H16N4O/c1-21-15-7-3-2-5-13(15)14-6-4-8-20(14)16-11-18-12(9-17)10-19-16/h2-3,5,7,10-11,14H,4,6,8H2,1H3. The molecule has 0 amide bonds. The lowest BCUT2D eigenvalue weighted by Crippen LogP contribution is -2.24. The van der Waals surface area contributed by atoms with Crippen molar-refractivity contribution in [2.24, 2.45) is 0 Å². The van der Waals surface area contributed by atoms with Crippen LogP contribution in [0.1, 0.15) is 30.1 Å². The number of anilines is 1. The molecular formula is C16H16N4O. The Bertz CT molecular complexity index is 663. The quantitative estimate of drug-likeness (QED) is 0.865. The molecule has 2 aromatic rings. The molecule has 5 nitrogen and oxygen atoms in total. The van der Waals surface area contributed by atoms with Crippen LogP contribution in [0.4, 0.5) is 5.82 Å². The van der Waals surface area contributed by atoms with E-state index in [0.717, 1.165) is 31.0 Å². The maximum Gasteiger partial charge on any atom is 0.158 e. The monoisotopic (exact) mass is 280 g/mol. The van der Waals surface area contributed by atoms with Crippen molar-refractivity contribution in [3.05, 3.63) is 47.9 Å². The number of benzene rings is 1. The van der Waals surface area contributed by atoms with Gasteiger partial charge < -0.3 is 9.64 Å². The molecule has 3 rings (SSSR count). The molecule has 1 aliphatic heterocycles. The molecule has 2 heterocycles. The molecule has 1 atom stereocenters. The molecule has 0 radical (unpaired) electrons. The van der Waals surface area contributed by atoms with Gasteiger partial charge in [-0.25, -0.2) is 9.97 Å². The van der Waals surface area contributed by atoms with Crippen LogP contribution in [0.15, 0.2) is 36.7 Å². The molecule has 0 spiro atoms. The van der Waals surface area contributed by atoms with Gasteiger partial charge in [-0.2, -0.15) is 5.26 Å². The molecular weight excluding hydrogens is 264 g/mol. The molecule has 106 valence electrons. The van der Waals surface area contributed by atoms with Gasteiger partial charge in [0.2, 0.25) is 0 Å². The zero-order chi connectivity index (χ0) is 14.7. The number of nitrogens with zero attached hydrogens (tertiary/aromatic N) is 4. The smallest absolute Gasteiger partial charge is 0.158 e. The lowest BCUT2D eigenvalue weighted by molar-refractivity contribution is 0.405. The second-order valence-corrected chi connectivity index (χ2v) is 4.97. The summed E-state index contributed by atoms with van der Waals surface area (Å²) in [5.74, 6) is 1.71. The van der Waals surface area contributed by atoms with E-state index in [2.05, 4.69) is 20.9 Å². The summed E-state index contributed by atoms with van der Waals surface area (Å²) in [5, 5.41) is 8.81. The highest BCUT2D eigenvalue weighted by atomic mass is 16.5. The third-order valence-electron chi connectivity index (χ3n) is 3.80. The number of ether oxygens (including phenoxy) is 1. The lowest BCUT2D eigenvalue weighted by Gasteiger charge is -2.26. The Morgan fingerprint density at radius 1 is 1.29 bits per heavy atom. The third-order valence-corrected chi connectivity index (χ3v) is 3.80. The molecule has 21 heavy (non-hydrogen) atoms. The van der Waals surface area contributed by atoms with Gasteiger partial charge in [0.05, 0.1) is 25.5 Å². The molecule has 1 unspecified atom stereocenters. The van der Waals surface area contributed by atoms with Crippen molar-refractivity contribution in [3.8, 4) is 11.8 Å². The summed E-state index contributed by atoms with van der Waals surface area (Å²) in [6, 6.07) is 10.3. The van der Waals surface area contributed by atoms with E-state index in [4.69, 9.17) is 10.00 Å². The van der Waals surface area contributed by atoms with Crippen LogP contribution in [0, 0.1) is 11.3 Å². The van der Waals surface area contributed by atoms with Crippen molar-refractivity contribution in [1.82, 2.24) is 9.97 Å². The Hall–Kier alpha value is -2.61. The summed E-state index contributed by atoms with van der Waals surface area (Å²) < 4.78 is 5.47. The first-order valence-electron chi connectivity index (χ1n) is 6.95. The van der Waals surface area contributed by atoms with Gasteiger partial charge in [0.15, 0.2) is 5.69 Å². The molecule has 0 bridgehead atoms. The van der Waals surface area contributed by atoms with Gasteiger partial charge >= 0.3 is 0 Å². The van der Waals surface area contributed by atoms with Gasteiger partial charge in [-0.15, -0.1) is 0 Å². The first-order valence-corrected chi connectivity index (χ1v) is 6.95. The van der Waals surface area contributed by atoms with Crippen LogP contribution in [-0.4, -0.2) is 23.6 Å². The number of aromatic nitrogens is 2. The average molecular weight is 280 g/mol.